The summed E-state index contributed by atoms with van der Waals surface area (Å²) in [4.78, 5) is 4.46. The Morgan fingerprint density at radius 2 is 2.00 bits per heavy atom. The van der Waals surface area contributed by atoms with Gasteiger partial charge in [0.05, 0.1) is 12.8 Å². The van der Waals surface area contributed by atoms with E-state index in [-0.39, 0.29) is 0 Å². The normalized spacial score (nSPS) is 11.6. The van der Waals surface area contributed by atoms with E-state index >= 15 is 0 Å². The van der Waals surface area contributed by atoms with Crippen molar-refractivity contribution in [1.82, 2.24) is 15.1 Å². The van der Waals surface area contributed by atoms with Crippen molar-refractivity contribution in [1.29, 1.82) is 0 Å². The molecule has 16 heavy (non-hydrogen) atoms. The van der Waals surface area contributed by atoms with Crippen LogP contribution < -0.4 is 5.32 Å². The summed E-state index contributed by atoms with van der Waals surface area (Å²) in [5, 5.41) is 3.15. The number of hydrogen-bond acceptors (Lipinski definition) is 4. The smallest absolute Gasteiger partial charge is 0.122 e. The molecule has 0 saturated heterocycles. The van der Waals surface area contributed by atoms with E-state index in [0.29, 0.717) is 0 Å². The van der Waals surface area contributed by atoms with E-state index in [4.69, 9.17) is 4.42 Å². The predicted octanol–water partition coefficient (Wildman–Crippen LogP) is 0.992. The van der Waals surface area contributed by atoms with Crippen LogP contribution in [0.25, 0.3) is 0 Å². The fourth-order valence-corrected chi connectivity index (χ4v) is 1.55. The predicted molar refractivity (Wildman–Crippen MR) is 66.4 cm³/mol. The van der Waals surface area contributed by atoms with Gasteiger partial charge in [-0.3, -0.25) is 4.90 Å². The van der Waals surface area contributed by atoms with Gasteiger partial charge in [-0.25, -0.2) is 0 Å². The van der Waals surface area contributed by atoms with Gasteiger partial charge in [-0.1, -0.05) is 0 Å². The van der Waals surface area contributed by atoms with Gasteiger partial charge in [0.2, 0.25) is 0 Å². The van der Waals surface area contributed by atoms with Crippen LogP contribution in [-0.4, -0.2) is 51.1 Å². The summed E-state index contributed by atoms with van der Waals surface area (Å²) in [6, 6.07) is 2.03. The van der Waals surface area contributed by atoms with Gasteiger partial charge in [0.15, 0.2) is 0 Å². The van der Waals surface area contributed by atoms with Crippen LogP contribution in [0.5, 0.6) is 0 Å². The molecule has 1 aromatic rings. The first-order valence-corrected chi connectivity index (χ1v) is 5.66. The van der Waals surface area contributed by atoms with Crippen LogP contribution in [0.3, 0.4) is 0 Å². The number of likely N-dealkylation sites (N-methyl/N-ethyl adjacent to an activating group) is 2. The first kappa shape index (κ1) is 13.2. The van der Waals surface area contributed by atoms with E-state index in [9.17, 15) is 0 Å². The van der Waals surface area contributed by atoms with E-state index < -0.39 is 0 Å². The molecule has 0 fully saturated rings. The highest BCUT2D eigenvalue weighted by atomic mass is 16.3. The first-order valence-electron chi connectivity index (χ1n) is 5.66. The van der Waals surface area contributed by atoms with Crippen LogP contribution in [-0.2, 0) is 13.1 Å². The fourth-order valence-electron chi connectivity index (χ4n) is 1.55. The van der Waals surface area contributed by atoms with E-state index in [1.807, 2.05) is 13.1 Å². The van der Waals surface area contributed by atoms with Gasteiger partial charge >= 0.3 is 0 Å². The molecule has 1 rings (SSSR count). The van der Waals surface area contributed by atoms with Crippen LogP contribution in [0.4, 0.5) is 0 Å². The Morgan fingerprint density at radius 1 is 1.25 bits per heavy atom. The summed E-state index contributed by atoms with van der Waals surface area (Å²) < 4.78 is 5.50. The van der Waals surface area contributed by atoms with Crippen LogP contribution in [0, 0.1) is 0 Å². The average molecular weight is 225 g/mol. The zero-order valence-electron chi connectivity index (χ0n) is 10.8. The standard InChI is InChI=1S/C12H23N3O/c1-13-9-11-5-8-16-12(11)10-15(4)7-6-14(2)3/h5,8,13H,6-7,9-10H2,1-4H3. The minimum Gasteiger partial charge on any atom is -0.468 e. The minimum absolute atomic E-state index is 0.868. The number of nitrogens with one attached hydrogen (secondary N) is 1. The van der Waals surface area contributed by atoms with Crippen LogP contribution in [0.1, 0.15) is 11.3 Å². The Morgan fingerprint density at radius 3 is 2.62 bits per heavy atom. The van der Waals surface area contributed by atoms with Gasteiger partial charge < -0.3 is 14.6 Å². The topological polar surface area (TPSA) is 31.7 Å². The third kappa shape index (κ3) is 4.35. The molecular weight excluding hydrogens is 202 g/mol. The van der Waals surface area contributed by atoms with E-state index in [1.165, 1.54) is 5.56 Å². The molecule has 0 aliphatic heterocycles. The quantitative estimate of drug-likeness (QED) is 0.750. The lowest BCUT2D eigenvalue weighted by atomic mass is 10.2. The highest BCUT2D eigenvalue weighted by Gasteiger charge is 2.08. The van der Waals surface area contributed by atoms with Crippen LogP contribution >= 0.6 is 0 Å². The second-order valence-corrected chi connectivity index (χ2v) is 4.44. The molecule has 0 aliphatic rings. The second-order valence-electron chi connectivity index (χ2n) is 4.44. The molecule has 0 amide bonds. The van der Waals surface area contributed by atoms with Gasteiger partial charge in [0, 0.05) is 25.2 Å². The van der Waals surface area contributed by atoms with E-state index in [0.717, 1.165) is 31.9 Å². The lowest BCUT2D eigenvalue weighted by molar-refractivity contribution is 0.257. The van der Waals surface area contributed by atoms with Gasteiger partial charge in [-0.05, 0) is 34.3 Å². The Balaban J connectivity index is 2.42. The molecule has 0 spiro atoms. The van der Waals surface area contributed by atoms with Crippen molar-refractivity contribution in [3.8, 4) is 0 Å². The molecule has 92 valence electrons. The van der Waals surface area contributed by atoms with Crippen molar-refractivity contribution in [2.45, 2.75) is 13.1 Å². The number of rotatable bonds is 7. The van der Waals surface area contributed by atoms with Crippen LogP contribution in [0.2, 0.25) is 0 Å². The van der Waals surface area contributed by atoms with Crippen molar-refractivity contribution in [2.75, 3.05) is 41.3 Å². The molecule has 0 unspecified atom stereocenters. The summed E-state index contributed by atoms with van der Waals surface area (Å²) in [7, 11) is 8.25. The number of furan rings is 1. The molecule has 1 aromatic heterocycles. The summed E-state index contributed by atoms with van der Waals surface area (Å²) in [5.74, 6) is 1.07. The van der Waals surface area contributed by atoms with Crippen molar-refractivity contribution in [2.24, 2.45) is 0 Å². The Bertz CT molecular complexity index is 296. The molecular formula is C12H23N3O. The van der Waals surface area contributed by atoms with Crippen molar-refractivity contribution in [3.63, 3.8) is 0 Å². The summed E-state index contributed by atoms with van der Waals surface area (Å²) in [6.45, 7) is 3.86. The maximum atomic E-state index is 5.50. The number of hydrogen-bond donors (Lipinski definition) is 1. The lowest BCUT2D eigenvalue weighted by Crippen LogP contribution is -2.28. The Labute approximate surface area is 98.2 Å². The van der Waals surface area contributed by atoms with Crippen molar-refractivity contribution in [3.05, 3.63) is 23.7 Å². The SMILES string of the molecule is CNCc1ccoc1CN(C)CCN(C)C. The van der Waals surface area contributed by atoms with Crippen LogP contribution in [0.15, 0.2) is 16.7 Å². The summed E-state index contributed by atoms with van der Waals surface area (Å²) >= 11 is 0. The molecule has 1 heterocycles. The van der Waals surface area contributed by atoms with Gasteiger partial charge in [-0.15, -0.1) is 0 Å². The maximum absolute atomic E-state index is 5.50. The second kappa shape index (κ2) is 6.68. The highest BCUT2D eigenvalue weighted by molar-refractivity contribution is 5.16. The average Bonchev–Trinajstić information content (AvgIpc) is 2.63. The van der Waals surface area contributed by atoms with Crippen molar-refractivity contribution >= 4 is 0 Å². The maximum Gasteiger partial charge on any atom is 0.122 e. The first-order chi connectivity index (χ1) is 7.63. The van der Waals surface area contributed by atoms with Gasteiger partial charge in [-0.2, -0.15) is 0 Å². The molecule has 0 atom stereocenters. The van der Waals surface area contributed by atoms with E-state index in [1.54, 1.807) is 6.26 Å². The fraction of sp³-hybridized carbons (Fsp3) is 0.667. The summed E-state index contributed by atoms with van der Waals surface area (Å²) in [5.41, 5.74) is 1.25. The zero-order chi connectivity index (χ0) is 12.0. The Hall–Kier alpha value is -0.840. The molecule has 0 bridgehead atoms. The monoisotopic (exact) mass is 225 g/mol. The summed E-state index contributed by atoms with van der Waals surface area (Å²) in [6.07, 6.45) is 1.77. The molecule has 1 N–H and O–H groups in total. The number of nitrogens with zero attached hydrogens (tertiary/aromatic N) is 2. The van der Waals surface area contributed by atoms with Gasteiger partial charge in [0.1, 0.15) is 5.76 Å². The molecule has 4 nitrogen and oxygen atoms in total. The molecule has 0 radical (unpaired) electrons. The third-order valence-corrected chi connectivity index (χ3v) is 2.55. The van der Waals surface area contributed by atoms with E-state index in [2.05, 4.69) is 36.3 Å². The van der Waals surface area contributed by atoms with Crippen molar-refractivity contribution < 1.29 is 4.42 Å². The molecule has 0 aliphatic carbocycles. The minimum atomic E-state index is 0.868. The molecule has 0 saturated carbocycles. The molecule has 4 heteroatoms. The molecule has 0 aromatic carbocycles. The zero-order valence-corrected chi connectivity index (χ0v) is 10.8. The largest absolute Gasteiger partial charge is 0.468 e. The highest BCUT2D eigenvalue weighted by Crippen LogP contribution is 2.12. The lowest BCUT2D eigenvalue weighted by Gasteiger charge is -2.18. The third-order valence-electron chi connectivity index (χ3n) is 2.55. The van der Waals surface area contributed by atoms with Gasteiger partial charge in [0.25, 0.3) is 0 Å². The Kier molecular flexibility index (Phi) is 5.52.